The van der Waals surface area contributed by atoms with Gasteiger partial charge in [-0.2, -0.15) is 0 Å². The summed E-state index contributed by atoms with van der Waals surface area (Å²) in [6, 6.07) is 9.37. The minimum Gasteiger partial charge on any atom is -0.493 e. The van der Waals surface area contributed by atoms with Gasteiger partial charge in [-0.15, -0.1) is 0 Å². The average molecular weight is 373 g/mol. The molecule has 144 valence electrons. The molecule has 0 heterocycles. The van der Waals surface area contributed by atoms with Gasteiger partial charge in [0.25, 0.3) is 5.91 Å². The van der Waals surface area contributed by atoms with E-state index < -0.39 is 5.82 Å². The molecule has 0 atom stereocenters. The van der Waals surface area contributed by atoms with Crippen molar-refractivity contribution >= 4 is 11.6 Å². The van der Waals surface area contributed by atoms with Gasteiger partial charge in [0.2, 0.25) is 0 Å². The van der Waals surface area contributed by atoms with Crippen molar-refractivity contribution in [3.8, 4) is 17.2 Å². The Morgan fingerprint density at radius 1 is 1.11 bits per heavy atom. The van der Waals surface area contributed by atoms with E-state index in [4.69, 9.17) is 14.2 Å². The van der Waals surface area contributed by atoms with Gasteiger partial charge < -0.3 is 19.5 Å². The van der Waals surface area contributed by atoms with Crippen LogP contribution in [0, 0.1) is 5.82 Å². The first-order valence-electron chi connectivity index (χ1n) is 9.19. The van der Waals surface area contributed by atoms with E-state index in [1.807, 2.05) is 0 Å². The second-order valence-corrected chi connectivity index (χ2v) is 6.42. The number of halogens is 1. The number of nitrogens with one attached hydrogen (secondary N) is 1. The third-order valence-electron chi connectivity index (χ3n) is 4.51. The smallest absolute Gasteiger partial charge is 0.255 e. The fourth-order valence-corrected chi connectivity index (χ4v) is 3.15. The first-order valence-corrected chi connectivity index (χ1v) is 9.19. The summed E-state index contributed by atoms with van der Waals surface area (Å²) in [5.74, 6) is 0.419. The van der Waals surface area contributed by atoms with E-state index in [2.05, 4.69) is 5.32 Å². The molecule has 1 amide bonds. The molecule has 27 heavy (non-hydrogen) atoms. The lowest BCUT2D eigenvalue weighted by atomic mass is 10.1. The van der Waals surface area contributed by atoms with Crippen LogP contribution in [0.15, 0.2) is 36.4 Å². The van der Waals surface area contributed by atoms with E-state index in [-0.39, 0.29) is 17.8 Å². The van der Waals surface area contributed by atoms with Crippen LogP contribution in [0.2, 0.25) is 0 Å². The zero-order chi connectivity index (χ0) is 19.2. The molecule has 0 bridgehead atoms. The summed E-state index contributed by atoms with van der Waals surface area (Å²) in [7, 11) is 1.54. The number of methoxy groups -OCH3 is 1. The minimum atomic E-state index is -0.521. The summed E-state index contributed by atoms with van der Waals surface area (Å²) in [4.78, 5) is 12.5. The van der Waals surface area contributed by atoms with Gasteiger partial charge in [-0.3, -0.25) is 4.79 Å². The Balaban J connectivity index is 1.71. The predicted octanol–water partition coefficient (Wildman–Crippen LogP) is 4.81. The summed E-state index contributed by atoms with van der Waals surface area (Å²) in [5.41, 5.74) is 0.756. The summed E-state index contributed by atoms with van der Waals surface area (Å²) in [6.07, 6.45) is 4.62. The highest BCUT2D eigenvalue weighted by atomic mass is 19.1. The second-order valence-electron chi connectivity index (χ2n) is 6.42. The molecule has 6 heteroatoms. The molecule has 1 N–H and O–H groups in total. The second kappa shape index (κ2) is 8.75. The molecule has 0 spiro atoms. The van der Waals surface area contributed by atoms with Gasteiger partial charge in [0.1, 0.15) is 0 Å². The van der Waals surface area contributed by atoms with Crippen LogP contribution in [-0.2, 0) is 0 Å². The molecule has 0 unspecified atom stereocenters. The van der Waals surface area contributed by atoms with Crippen LogP contribution in [0.25, 0.3) is 0 Å². The molecule has 0 aromatic heterocycles. The van der Waals surface area contributed by atoms with Crippen molar-refractivity contribution in [3.63, 3.8) is 0 Å². The normalized spacial score (nSPS) is 14.0. The lowest BCUT2D eigenvalue weighted by molar-refractivity contribution is 0.102. The Kier molecular flexibility index (Phi) is 6.16. The minimum absolute atomic E-state index is 0.158. The number of anilines is 1. The van der Waals surface area contributed by atoms with E-state index in [9.17, 15) is 9.18 Å². The first kappa shape index (κ1) is 19.0. The van der Waals surface area contributed by atoms with Crippen molar-refractivity contribution in [2.75, 3.05) is 19.0 Å². The fourth-order valence-electron chi connectivity index (χ4n) is 3.15. The highest BCUT2D eigenvalue weighted by Crippen LogP contribution is 2.32. The molecule has 1 aliphatic carbocycles. The highest BCUT2D eigenvalue weighted by Gasteiger charge is 2.19. The quantitative estimate of drug-likeness (QED) is 0.757. The topological polar surface area (TPSA) is 56.8 Å². The number of amides is 1. The number of hydrogen-bond acceptors (Lipinski definition) is 4. The Morgan fingerprint density at radius 2 is 1.85 bits per heavy atom. The number of carbonyl (C=O) groups excluding carboxylic acids is 1. The van der Waals surface area contributed by atoms with Crippen LogP contribution < -0.4 is 19.5 Å². The SMILES string of the molecule is CCOc1ccc(NC(=O)c2ccc(OC3CCCC3)c(OC)c2)cc1F. The van der Waals surface area contributed by atoms with Gasteiger partial charge in [-0.05, 0) is 62.9 Å². The maximum absolute atomic E-state index is 13.9. The van der Waals surface area contributed by atoms with E-state index >= 15 is 0 Å². The first-order chi connectivity index (χ1) is 13.1. The number of ether oxygens (including phenoxy) is 3. The average Bonchev–Trinajstić information content (AvgIpc) is 3.17. The van der Waals surface area contributed by atoms with E-state index in [1.165, 1.54) is 25.0 Å². The van der Waals surface area contributed by atoms with E-state index in [0.717, 1.165) is 12.8 Å². The summed E-state index contributed by atoms with van der Waals surface area (Å²) in [6.45, 7) is 2.15. The largest absolute Gasteiger partial charge is 0.493 e. The molecule has 1 saturated carbocycles. The maximum Gasteiger partial charge on any atom is 0.255 e. The van der Waals surface area contributed by atoms with Crippen LogP contribution in [0.5, 0.6) is 17.2 Å². The highest BCUT2D eigenvalue weighted by molar-refractivity contribution is 6.04. The van der Waals surface area contributed by atoms with Crippen molar-refractivity contribution in [2.45, 2.75) is 38.7 Å². The summed E-state index contributed by atoms with van der Waals surface area (Å²) >= 11 is 0. The fraction of sp³-hybridized carbons (Fsp3) is 0.381. The lowest BCUT2D eigenvalue weighted by Crippen LogP contribution is -2.14. The van der Waals surface area contributed by atoms with Crippen molar-refractivity contribution in [3.05, 3.63) is 47.8 Å². The Bertz CT molecular complexity index is 803. The zero-order valence-corrected chi connectivity index (χ0v) is 15.6. The van der Waals surface area contributed by atoms with Crippen LogP contribution in [0.1, 0.15) is 43.0 Å². The van der Waals surface area contributed by atoms with E-state index in [1.54, 1.807) is 38.3 Å². The van der Waals surface area contributed by atoms with Crippen molar-refractivity contribution in [2.24, 2.45) is 0 Å². The maximum atomic E-state index is 13.9. The molecule has 3 rings (SSSR count). The molecule has 2 aromatic carbocycles. The number of rotatable bonds is 7. The molecular formula is C21H24FNO4. The van der Waals surface area contributed by atoms with E-state index in [0.29, 0.717) is 29.4 Å². The van der Waals surface area contributed by atoms with Gasteiger partial charge in [-0.1, -0.05) is 0 Å². The van der Waals surface area contributed by atoms with Crippen molar-refractivity contribution in [1.29, 1.82) is 0 Å². The Morgan fingerprint density at radius 3 is 2.52 bits per heavy atom. The van der Waals surface area contributed by atoms with Gasteiger partial charge in [0, 0.05) is 17.3 Å². The van der Waals surface area contributed by atoms with Gasteiger partial charge in [0.05, 0.1) is 19.8 Å². The van der Waals surface area contributed by atoms with Crippen LogP contribution in [0.3, 0.4) is 0 Å². The summed E-state index contributed by atoms with van der Waals surface area (Å²) in [5, 5.41) is 2.68. The lowest BCUT2D eigenvalue weighted by Gasteiger charge is -2.16. The standard InChI is InChI=1S/C21H24FNO4/c1-3-26-18-11-9-15(13-17(18)22)23-21(24)14-8-10-19(20(12-14)25-2)27-16-6-4-5-7-16/h8-13,16H,3-7H2,1-2H3,(H,23,24). The number of hydrogen-bond donors (Lipinski definition) is 1. The monoisotopic (exact) mass is 373 g/mol. The van der Waals surface area contributed by atoms with Crippen molar-refractivity contribution < 1.29 is 23.4 Å². The predicted molar refractivity (Wildman–Crippen MR) is 101 cm³/mol. The molecule has 0 radical (unpaired) electrons. The molecule has 2 aromatic rings. The van der Waals surface area contributed by atoms with Gasteiger partial charge in [0.15, 0.2) is 23.1 Å². The number of benzene rings is 2. The molecule has 0 saturated heterocycles. The Hall–Kier alpha value is -2.76. The third-order valence-corrected chi connectivity index (χ3v) is 4.51. The van der Waals surface area contributed by atoms with Crippen LogP contribution in [-0.4, -0.2) is 25.7 Å². The third kappa shape index (κ3) is 4.70. The molecule has 5 nitrogen and oxygen atoms in total. The molecule has 1 aliphatic rings. The molecular weight excluding hydrogens is 349 g/mol. The zero-order valence-electron chi connectivity index (χ0n) is 15.6. The van der Waals surface area contributed by atoms with Gasteiger partial charge in [-0.25, -0.2) is 4.39 Å². The Labute approximate surface area is 158 Å². The molecule has 0 aliphatic heterocycles. The van der Waals surface area contributed by atoms with Crippen molar-refractivity contribution in [1.82, 2.24) is 0 Å². The number of carbonyl (C=O) groups is 1. The molecule has 1 fully saturated rings. The summed E-state index contributed by atoms with van der Waals surface area (Å²) < 4.78 is 30.5. The van der Waals surface area contributed by atoms with Crippen LogP contribution >= 0.6 is 0 Å². The van der Waals surface area contributed by atoms with Crippen LogP contribution in [0.4, 0.5) is 10.1 Å². The van der Waals surface area contributed by atoms with Gasteiger partial charge >= 0.3 is 0 Å².